The number of aliphatic carboxylic acids is 1. The largest absolute Gasteiger partial charge is 0.480 e. The molecule has 0 aromatic rings. The van der Waals surface area contributed by atoms with Crippen molar-refractivity contribution < 1.29 is 29.1 Å². The number of carbonyl (C=O) groups excluding carboxylic acids is 4. The Morgan fingerprint density at radius 1 is 0.931 bits per heavy atom. The number of hydrogen-bond donors (Lipinski definition) is 7. The summed E-state index contributed by atoms with van der Waals surface area (Å²) in [4.78, 5) is 58.6. The maximum Gasteiger partial charge on any atom is 0.326 e. The van der Waals surface area contributed by atoms with Crippen molar-refractivity contribution >= 4 is 42.2 Å². The van der Waals surface area contributed by atoms with Gasteiger partial charge in [0.05, 0.1) is 6.04 Å². The van der Waals surface area contributed by atoms with Gasteiger partial charge in [0.15, 0.2) is 0 Å². The van der Waals surface area contributed by atoms with E-state index in [1.54, 1.807) is 0 Å². The second-order valence-electron chi connectivity index (χ2n) is 7.11. The number of rotatable bonds is 13. The number of carbonyl (C=O) groups is 5. The summed E-state index contributed by atoms with van der Waals surface area (Å²) in [6.45, 7) is 5.16. The third-order valence-electron chi connectivity index (χ3n) is 3.92. The topological polar surface area (TPSA) is 194 Å². The van der Waals surface area contributed by atoms with Gasteiger partial charge in [-0.1, -0.05) is 13.8 Å². The van der Waals surface area contributed by atoms with Crippen LogP contribution in [0.5, 0.6) is 0 Å². The second-order valence-corrected chi connectivity index (χ2v) is 7.48. The monoisotopic (exact) mass is 433 g/mol. The van der Waals surface area contributed by atoms with Gasteiger partial charge in [-0.3, -0.25) is 19.2 Å². The number of nitrogens with one attached hydrogen (secondary N) is 3. The molecule has 0 heterocycles. The smallest absolute Gasteiger partial charge is 0.326 e. The van der Waals surface area contributed by atoms with E-state index in [9.17, 15) is 24.0 Å². The first kappa shape index (κ1) is 26.7. The minimum Gasteiger partial charge on any atom is -0.480 e. The lowest BCUT2D eigenvalue weighted by Gasteiger charge is -2.23. The van der Waals surface area contributed by atoms with Crippen molar-refractivity contribution in [2.45, 2.75) is 64.2 Å². The standard InChI is InChI=1S/C17H31N5O6S/c1-8(2)6-10(18)15(25)22-12(7-29)16(26)20-9(3)14(24)21-11(17(27)28)4-5-13(19)23/h8-12,29H,4-7,18H2,1-3H3,(H2,19,23)(H,20,26)(H,21,24)(H,22,25)(H,27,28). The molecule has 0 saturated carbocycles. The zero-order chi connectivity index (χ0) is 22.7. The third-order valence-corrected chi connectivity index (χ3v) is 4.29. The van der Waals surface area contributed by atoms with Gasteiger partial charge in [-0.05, 0) is 25.7 Å². The summed E-state index contributed by atoms with van der Waals surface area (Å²) in [5.74, 6) is -3.82. The molecule has 0 aliphatic rings. The molecule has 0 aromatic heterocycles. The van der Waals surface area contributed by atoms with E-state index >= 15 is 0 Å². The summed E-state index contributed by atoms with van der Waals surface area (Å²) < 4.78 is 0. The van der Waals surface area contributed by atoms with Gasteiger partial charge in [-0.25, -0.2) is 4.79 Å². The lowest BCUT2D eigenvalue weighted by atomic mass is 10.0. The normalized spacial score (nSPS) is 15.0. The van der Waals surface area contributed by atoms with Gasteiger partial charge in [0.1, 0.15) is 18.1 Å². The Hall–Kier alpha value is -2.34. The molecule has 0 spiro atoms. The fourth-order valence-corrected chi connectivity index (χ4v) is 2.57. The maximum atomic E-state index is 12.3. The van der Waals surface area contributed by atoms with E-state index < -0.39 is 53.8 Å². The van der Waals surface area contributed by atoms with Gasteiger partial charge in [0, 0.05) is 12.2 Å². The Labute approximate surface area is 175 Å². The predicted molar refractivity (Wildman–Crippen MR) is 109 cm³/mol. The molecule has 29 heavy (non-hydrogen) atoms. The molecule has 0 radical (unpaired) electrons. The highest BCUT2D eigenvalue weighted by Gasteiger charge is 2.28. The van der Waals surface area contributed by atoms with E-state index in [0.717, 1.165) is 0 Å². The van der Waals surface area contributed by atoms with E-state index in [4.69, 9.17) is 16.6 Å². The highest BCUT2D eigenvalue weighted by Crippen LogP contribution is 2.03. The van der Waals surface area contributed by atoms with Gasteiger partial charge in [-0.2, -0.15) is 12.6 Å². The molecule has 0 aromatic carbocycles. The molecule has 0 aliphatic heterocycles. The molecule has 0 fully saturated rings. The summed E-state index contributed by atoms with van der Waals surface area (Å²) in [5, 5.41) is 16.2. The summed E-state index contributed by atoms with van der Waals surface area (Å²) in [6.07, 6.45) is 0.0376. The van der Waals surface area contributed by atoms with Gasteiger partial charge in [0.25, 0.3) is 0 Å². The summed E-state index contributed by atoms with van der Waals surface area (Å²) >= 11 is 4.03. The van der Waals surface area contributed by atoms with Crippen LogP contribution in [0, 0.1) is 5.92 Å². The van der Waals surface area contributed by atoms with Crippen LogP contribution in [-0.4, -0.2) is 64.6 Å². The average molecular weight is 434 g/mol. The number of nitrogens with two attached hydrogens (primary N) is 2. The molecule has 0 saturated heterocycles. The number of primary amides is 1. The zero-order valence-corrected chi connectivity index (χ0v) is 17.7. The van der Waals surface area contributed by atoms with Crippen molar-refractivity contribution in [1.82, 2.24) is 16.0 Å². The zero-order valence-electron chi connectivity index (χ0n) is 16.8. The molecule has 12 heteroatoms. The van der Waals surface area contributed by atoms with Crippen LogP contribution in [0.2, 0.25) is 0 Å². The summed E-state index contributed by atoms with van der Waals surface area (Å²) in [5.41, 5.74) is 10.8. The fourth-order valence-electron chi connectivity index (χ4n) is 2.31. The van der Waals surface area contributed by atoms with Crippen molar-refractivity contribution in [3.8, 4) is 0 Å². The van der Waals surface area contributed by atoms with Crippen LogP contribution in [0.1, 0.15) is 40.0 Å². The minimum atomic E-state index is -1.34. The van der Waals surface area contributed by atoms with Crippen LogP contribution < -0.4 is 27.4 Å². The van der Waals surface area contributed by atoms with E-state index in [-0.39, 0.29) is 24.5 Å². The average Bonchev–Trinajstić information content (AvgIpc) is 2.61. The van der Waals surface area contributed by atoms with Gasteiger partial charge in [-0.15, -0.1) is 0 Å². The predicted octanol–water partition coefficient (Wildman–Crippen LogP) is -1.89. The van der Waals surface area contributed by atoms with Crippen LogP contribution in [-0.2, 0) is 24.0 Å². The van der Waals surface area contributed by atoms with Gasteiger partial charge >= 0.3 is 5.97 Å². The molecule has 8 N–H and O–H groups in total. The molecule has 4 atom stereocenters. The van der Waals surface area contributed by atoms with Crippen molar-refractivity contribution in [3.63, 3.8) is 0 Å². The van der Waals surface area contributed by atoms with Crippen LogP contribution >= 0.6 is 12.6 Å². The van der Waals surface area contributed by atoms with Crippen LogP contribution in [0.4, 0.5) is 0 Å². The van der Waals surface area contributed by atoms with E-state index in [1.807, 2.05) is 13.8 Å². The van der Waals surface area contributed by atoms with Gasteiger partial charge < -0.3 is 32.5 Å². The summed E-state index contributed by atoms with van der Waals surface area (Å²) in [7, 11) is 0. The quantitative estimate of drug-likeness (QED) is 0.165. The Balaban J connectivity index is 4.80. The molecule has 0 aliphatic carbocycles. The Kier molecular flexibility index (Phi) is 11.9. The van der Waals surface area contributed by atoms with Crippen molar-refractivity contribution in [3.05, 3.63) is 0 Å². The number of carboxylic acids is 1. The Morgan fingerprint density at radius 3 is 1.93 bits per heavy atom. The molecule has 4 amide bonds. The molecular weight excluding hydrogens is 402 g/mol. The second kappa shape index (κ2) is 13.0. The van der Waals surface area contributed by atoms with E-state index in [2.05, 4.69) is 28.6 Å². The number of thiol groups is 1. The van der Waals surface area contributed by atoms with E-state index in [0.29, 0.717) is 6.42 Å². The molecule has 0 rings (SSSR count). The Morgan fingerprint density at radius 2 is 1.48 bits per heavy atom. The SMILES string of the molecule is CC(C)CC(N)C(=O)NC(CS)C(=O)NC(C)C(=O)NC(CCC(N)=O)C(=O)O. The van der Waals surface area contributed by atoms with Crippen molar-refractivity contribution in [2.75, 3.05) is 5.75 Å². The lowest BCUT2D eigenvalue weighted by molar-refractivity contribution is -0.142. The van der Waals surface area contributed by atoms with Gasteiger partial charge in [0.2, 0.25) is 23.6 Å². The number of carboxylic acid groups (broad SMARTS) is 1. The number of hydrogen-bond acceptors (Lipinski definition) is 7. The molecule has 11 nitrogen and oxygen atoms in total. The first-order valence-corrected chi connectivity index (χ1v) is 9.80. The molecule has 4 unspecified atom stereocenters. The Bertz CT molecular complexity index is 615. The first-order chi connectivity index (χ1) is 13.4. The van der Waals surface area contributed by atoms with Crippen LogP contribution in [0.15, 0.2) is 0 Å². The van der Waals surface area contributed by atoms with E-state index in [1.165, 1.54) is 6.92 Å². The minimum absolute atomic E-state index is 0.0311. The van der Waals surface area contributed by atoms with Crippen LogP contribution in [0.25, 0.3) is 0 Å². The van der Waals surface area contributed by atoms with Crippen molar-refractivity contribution in [1.29, 1.82) is 0 Å². The highest BCUT2D eigenvalue weighted by molar-refractivity contribution is 7.80. The maximum absolute atomic E-state index is 12.3. The first-order valence-electron chi connectivity index (χ1n) is 9.17. The summed E-state index contributed by atoms with van der Waals surface area (Å²) in [6, 6.07) is -4.23. The third kappa shape index (κ3) is 10.7. The highest BCUT2D eigenvalue weighted by atomic mass is 32.1. The molecule has 166 valence electrons. The lowest BCUT2D eigenvalue weighted by Crippen LogP contribution is -2.57. The van der Waals surface area contributed by atoms with Crippen molar-refractivity contribution in [2.24, 2.45) is 17.4 Å². The molecule has 0 bridgehead atoms. The fraction of sp³-hybridized carbons (Fsp3) is 0.706. The number of amides is 4. The van der Waals surface area contributed by atoms with Crippen LogP contribution in [0.3, 0.4) is 0 Å². The molecular formula is C17H31N5O6S.